The molecule has 0 spiro atoms. The number of halogens is 2. The lowest BCUT2D eigenvalue weighted by Crippen LogP contribution is -2.16. The third-order valence-corrected chi connectivity index (χ3v) is 16.2. The molecule has 9 rings (SSSR count). The maximum Gasteiger partial charge on any atom is 0.394 e. The molecule has 4 aromatic heterocycles. The van der Waals surface area contributed by atoms with Crippen LogP contribution in [-0.2, 0) is 54.0 Å². The van der Waals surface area contributed by atoms with Crippen molar-refractivity contribution in [1.29, 1.82) is 0 Å². The van der Waals surface area contributed by atoms with Crippen molar-refractivity contribution in [2.75, 3.05) is 19.0 Å². The number of hydrogen-bond donors (Lipinski definition) is 4. The van der Waals surface area contributed by atoms with E-state index in [1.54, 1.807) is 0 Å². The fourth-order valence-corrected chi connectivity index (χ4v) is 11.2. The van der Waals surface area contributed by atoms with E-state index in [1.165, 1.54) is 12.2 Å². The molecule has 0 fully saturated rings. The van der Waals surface area contributed by atoms with Crippen molar-refractivity contribution in [2.24, 2.45) is 0 Å². The predicted octanol–water partition coefficient (Wildman–Crippen LogP) is 13.5. The van der Waals surface area contributed by atoms with Crippen molar-refractivity contribution in [3.63, 3.8) is 0 Å². The quantitative estimate of drug-likeness (QED) is 0.0303. The number of rotatable bonds is 21. The van der Waals surface area contributed by atoms with Gasteiger partial charge in [0.05, 0.1) is 28.9 Å². The van der Waals surface area contributed by atoms with Crippen molar-refractivity contribution in [3.05, 3.63) is 182 Å². The van der Waals surface area contributed by atoms with Crippen LogP contribution in [0.25, 0.3) is 43.6 Å². The van der Waals surface area contributed by atoms with Crippen LogP contribution >= 0.6 is 15.0 Å². The number of benzene rings is 5. The van der Waals surface area contributed by atoms with Gasteiger partial charge in [-0.3, -0.25) is 24.1 Å². The summed E-state index contributed by atoms with van der Waals surface area (Å²) in [5, 5.41) is 4.01. The topological polar surface area (TPSA) is 191 Å². The van der Waals surface area contributed by atoms with E-state index in [1.807, 2.05) is 67.8 Å². The van der Waals surface area contributed by atoms with Crippen LogP contribution in [0.4, 0.5) is 14.6 Å². The van der Waals surface area contributed by atoms with Crippen LogP contribution in [0.2, 0.25) is 0 Å². The summed E-state index contributed by atoms with van der Waals surface area (Å²) >= 11 is 0. The smallest absolute Gasteiger partial charge is 0.394 e. The maximum atomic E-state index is 13.6. The van der Waals surface area contributed by atoms with E-state index in [4.69, 9.17) is 44.9 Å². The van der Waals surface area contributed by atoms with E-state index < -0.39 is 27.0 Å². The summed E-state index contributed by atoms with van der Waals surface area (Å²) in [6, 6.07) is 34.9. The summed E-state index contributed by atoms with van der Waals surface area (Å²) in [4.78, 5) is 47.5. The van der Waals surface area contributed by atoms with Gasteiger partial charge in [-0.1, -0.05) is 48.5 Å². The van der Waals surface area contributed by atoms with E-state index in [-0.39, 0.29) is 12.6 Å². The Balaban J connectivity index is 0.891. The third-order valence-electron chi connectivity index (χ3n) is 14.2. The number of nitrogen functional groups attached to an aromatic ring is 1. The first kappa shape index (κ1) is 54.1. The van der Waals surface area contributed by atoms with Gasteiger partial charge in [0.1, 0.15) is 23.6 Å². The molecular weight excluding hydrogens is 1000 g/mol. The predicted molar refractivity (Wildman–Crippen MR) is 299 cm³/mol. The largest absolute Gasteiger partial charge is 0.494 e. The van der Waals surface area contributed by atoms with Crippen LogP contribution in [0.15, 0.2) is 116 Å². The first-order chi connectivity index (χ1) is 36.2. The zero-order valence-electron chi connectivity index (χ0n) is 43.4. The molecule has 394 valence electrons. The Morgan fingerprint density at radius 1 is 0.579 bits per heavy atom. The van der Waals surface area contributed by atoms with Gasteiger partial charge in [0.2, 0.25) is 7.37 Å². The highest BCUT2D eigenvalue weighted by Gasteiger charge is 2.47. The van der Waals surface area contributed by atoms with Gasteiger partial charge in [0.25, 0.3) is 0 Å². The Bertz CT molecular complexity index is 3730. The maximum absolute atomic E-state index is 13.6. The van der Waals surface area contributed by atoms with Crippen LogP contribution < -0.4 is 15.2 Å². The van der Waals surface area contributed by atoms with Crippen LogP contribution in [0, 0.1) is 27.7 Å². The number of anilines is 1. The average Bonchev–Trinajstić information content (AvgIpc) is 3.38. The molecule has 0 amide bonds. The van der Waals surface area contributed by atoms with E-state index in [2.05, 4.69) is 75.4 Å². The molecule has 76 heavy (non-hydrogen) atoms. The number of unbranched alkanes of at least 4 members (excludes halogenated alkanes) is 2. The number of alkyl halides is 2. The van der Waals surface area contributed by atoms with E-state index in [0.29, 0.717) is 49.6 Å². The summed E-state index contributed by atoms with van der Waals surface area (Å²) in [5.41, 5.74) is 18.6. The highest BCUT2D eigenvalue weighted by molar-refractivity contribution is 7.56. The Labute approximate surface area is 441 Å². The summed E-state index contributed by atoms with van der Waals surface area (Å²) in [6.07, 6.45) is 7.64. The molecule has 0 saturated heterocycles. The summed E-state index contributed by atoms with van der Waals surface area (Å²) < 4.78 is 62.0. The Kier molecular flexibility index (Phi) is 16.0. The SMILES string of the molecule is Cc1ccc2c(c1)nc(Cc1cc3c(cc1C)nc(N)c1ncc(CCc4ccc(OCCCCCC(F)(F)P(=O)(O)O)cc4C)cc13)c1ncc(CCc3ccc(OCc4ccc(CP(C)(=O)O)cc4)cc3C)cc12. The molecule has 1 unspecified atom stereocenters. The molecule has 5 aromatic carbocycles. The molecule has 0 aliphatic rings. The molecule has 0 aliphatic heterocycles. The van der Waals surface area contributed by atoms with Crippen molar-refractivity contribution in [1.82, 2.24) is 19.9 Å². The van der Waals surface area contributed by atoms with E-state index in [9.17, 15) is 22.8 Å². The van der Waals surface area contributed by atoms with Gasteiger partial charge in [-0.15, -0.1) is 0 Å². The van der Waals surface area contributed by atoms with Crippen molar-refractivity contribution in [2.45, 2.75) is 104 Å². The van der Waals surface area contributed by atoms with Crippen molar-refractivity contribution < 1.29 is 42.1 Å². The lowest BCUT2D eigenvalue weighted by Gasteiger charge is -2.17. The molecule has 12 nitrogen and oxygen atoms in total. The van der Waals surface area contributed by atoms with Crippen molar-refractivity contribution in [3.8, 4) is 11.5 Å². The number of nitrogens with zero attached hydrogens (tertiary/aromatic N) is 4. The number of pyridine rings is 4. The van der Waals surface area contributed by atoms with Crippen LogP contribution in [-0.4, -0.2) is 53.6 Å². The van der Waals surface area contributed by atoms with Gasteiger partial charge in [0, 0.05) is 59.6 Å². The Morgan fingerprint density at radius 3 is 1.80 bits per heavy atom. The van der Waals surface area contributed by atoms with Gasteiger partial charge in [-0.2, -0.15) is 8.78 Å². The van der Waals surface area contributed by atoms with Gasteiger partial charge in [-0.05, 0) is 188 Å². The first-order valence-electron chi connectivity index (χ1n) is 25.6. The standard InChI is InChI=1S/C60H63F2N5O7P2/c1-37-9-22-50-52-29-43(14-16-46-19-21-49(27-39(46)3)74-35-41-10-12-42(13-11-41)36-75(5,68)69)33-64-57(52)56(66-54(50)25-37)32-47-31-51-53-30-44(34-65-58(53)59(63)67-55(51)28-40(47)4)15-17-45-18-20-48(26-38(45)2)73-24-8-6-7-23-60(61,62)76(70,71)72/h9-13,18-22,25-31,33-34H,6-8,14-17,23-24,32,35-36H2,1-5H3,(H2,63,67)(H,68,69)(H2,70,71,72). The number of fused-ring (bicyclic) bond motifs is 6. The minimum atomic E-state index is -5.46. The highest BCUT2D eigenvalue weighted by atomic mass is 31.2. The Hall–Kier alpha value is -6.66. The summed E-state index contributed by atoms with van der Waals surface area (Å²) in [5.74, 6) is 1.83. The normalized spacial score (nSPS) is 13.0. The van der Waals surface area contributed by atoms with Crippen LogP contribution in [0.1, 0.15) is 92.6 Å². The highest BCUT2D eigenvalue weighted by Crippen LogP contribution is 2.55. The number of aromatic nitrogens is 4. The van der Waals surface area contributed by atoms with Gasteiger partial charge in [0.15, 0.2) is 5.82 Å². The molecule has 9 aromatic rings. The van der Waals surface area contributed by atoms with Crippen LogP contribution in [0.5, 0.6) is 11.5 Å². The van der Waals surface area contributed by atoms with Crippen molar-refractivity contribution >= 4 is 64.4 Å². The number of aryl methyl sites for hydroxylation is 8. The fraction of sp³-hybridized carbons (Fsp3) is 0.300. The number of hydrogen-bond acceptors (Lipinski definition) is 9. The first-order valence-corrected chi connectivity index (χ1v) is 29.5. The van der Waals surface area contributed by atoms with Gasteiger partial charge >= 0.3 is 13.3 Å². The molecule has 4 heterocycles. The van der Waals surface area contributed by atoms with Gasteiger partial charge < -0.3 is 29.9 Å². The Morgan fingerprint density at radius 2 is 1.17 bits per heavy atom. The molecule has 0 saturated carbocycles. The summed E-state index contributed by atoms with van der Waals surface area (Å²) in [6.45, 7) is 10.4. The third kappa shape index (κ3) is 12.9. The fourth-order valence-electron chi connectivity index (χ4n) is 9.85. The second kappa shape index (κ2) is 22.5. The number of ether oxygens (including phenoxy) is 2. The molecule has 0 aliphatic carbocycles. The molecule has 0 bridgehead atoms. The lowest BCUT2D eigenvalue weighted by molar-refractivity contribution is 0.0474. The second-order valence-electron chi connectivity index (χ2n) is 20.4. The number of nitrogens with two attached hydrogens (primary N) is 1. The minimum absolute atomic E-state index is 0.0132. The molecule has 5 N–H and O–H groups in total. The average molecular weight is 1070 g/mol. The second-order valence-corrected chi connectivity index (χ2v) is 24.5. The van der Waals surface area contributed by atoms with Gasteiger partial charge in [-0.25, -0.2) is 4.98 Å². The zero-order valence-corrected chi connectivity index (χ0v) is 45.2. The molecular formula is C60H63F2N5O7P2. The monoisotopic (exact) mass is 1070 g/mol. The zero-order chi connectivity index (χ0) is 53.9. The molecule has 16 heteroatoms. The lowest BCUT2D eigenvalue weighted by atomic mass is 9.95. The van der Waals surface area contributed by atoms with E-state index >= 15 is 0 Å². The molecule has 0 radical (unpaired) electrons. The van der Waals surface area contributed by atoms with Crippen LogP contribution in [0.3, 0.4) is 0 Å². The molecule has 1 atom stereocenters. The summed E-state index contributed by atoms with van der Waals surface area (Å²) in [7, 11) is -8.59. The van der Waals surface area contributed by atoms with E-state index in [0.717, 1.165) is 131 Å². The minimum Gasteiger partial charge on any atom is -0.494 e.